The number of methoxy groups -OCH3 is 2. The predicted octanol–water partition coefficient (Wildman–Crippen LogP) is 3.57. The summed E-state index contributed by atoms with van der Waals surface area (Å²) in [6.45, 7) is 5.43. The fourth-order valence-corrected chi connectivity index (χ4v) is 4.01. The van der Waals surface area contributed by atoms with Crippen molar-refractivity contribution in [2.45, 2.75) is 70.6 Å². The molecule has 188 valence electrons. The Morgan fingerprint density at radius 1 is 1.06 bits per heavy atom. The molecule has 0 aliphatic carbocycles. The molecule has 2 heterocycles. The number of rotatable bonds is 6. The normalized spacial score (nSPS) is 26.1. The molecule has 0 amide bonds. The van der Waals surface area contributed by atoms with Crippen LogP contribution >= 0.6 is 0 Å². The topological polar surface area (TPSA) is 98.8 Å². The highest BCUT2D eigenvalue weighted by Gasteiger charge is 2.40. The van der Waals surface area contributed by atoms with Gasteiger partial charge in [0.2, 0.25) is 0 Å². The summed E-state index contributed by atoms with van der Waals surface area (Å²) in [5, 5.41) is 0. The number of carbonyl (C=O) groups excluding carboxylic acids is 2. The van der Waals surface area contributed by atoms with Crippen LogP contribution in [0.3, 0.4) is 0 Å². The van der Waals surface area contributed by atoms with Gasteiger partial charge in [-0.3, -0.25) is 4.79 Å². The Labute approximate surface area is 200 Å². The fourth-order valence-electron chi connectivity index (χ4n) is 4.01. The summed E-state index contributed by atoms with van der Waals surface area (Å²) < 4.78 is 38.9. The smallest absolute Gasteiger partial charge is 0.342 e. The first-order valence-electron chi connectivity index (χ1n) is 11.4. The monoisotopic (exact) mass is 478 g/mol. The minimum atomic E-state index is -0.734. The lowest BCUT2D eigenvalue weighted by Crippen LogP contribution is -2.23. The number of ether oxygens (including phenoxy) is 7. The first-order valence-corrected chi connectivity index (χ1v) is 11.4. The molecule has 1 fully saturated rings. The Balaban J connectivity index is 1.96. The lowest BCUT2D eigenvalue weighted by molar-refractivity contribution is -0.144. The van der Waals surface area contributed by atoms with Gasteiger partial charge in [0.05, 0.1) is 6.10 Å². The number of esters is 1. The summed E-state index contributed by atoms with van der Waals surface area (Å²) in [4.78, 5) is 26.2. The van der Waals surface area contributed by atoms with Gasteiger partial charge >= 0.3 is 5.97 Å². The Bertz CT molecular complexity index is 893. The Morgan fingerprint density at radius 2 is 1.79 bits per heavy atom. The lowest BCUT2D eigenvalue weighted by atomic mass is 9.97. The molecule has 0 N–H and O–H groups in total. The van der Waals surface area contributed by atoms with Crippen molar-refractivity contribution in [3.05, 3.63) is 35.4 Å². The van der Waals surface area contributed by atoms with Crippen molar-refractivity contribution < 1.29 is 42.7 Å². The number of ketones is 1. The van der Waals surface area contributed by atoms with E-state index in [4.69, 9.17) is 33.2 Å². The van der Waals surface area contributed by atoms with Gasteiger partial charge in [-0.2, -0.15) is 0 Å². The summed E-state index contributed by atoms with van der Waals surface area (Å²) in [5.74, 6) is -0.754. The SMILES string of the molecule is COCOc1cc2c(c(OCOC)c1)C(=O)O[C@@H](C)C/C=C/[C@H]1OC(C)(C)O[C@H]1CCC(=O)C2. The summed E-state index contributed by atoms with van der Waals surface area (Å²) in [7, 11) is 2.98. The number of Topliss-reactive ketones (excluding diaryl/α,β-unsaturated/α-hetero) is 1. The van der Waals surface area contributed by atoms with Crippen LogP contribution in [0.25, 0.3) is 0 Å². The van der Waals surface area contributed by atoms with Crippen LogP contribution < -0.4 is 9.47 Å². The number of hydrogen-bond acceptors (Lipinski definition) is 9. The molecule has 0 bridgehead atoms. The molecule has 3 rings (SSSR count). The van der Waals surface area contributed by atoms with Crippen LogP contribution in [0.5, 0.6) is 11.5 Å². The first kappa shape index (κ1) is 26.2. The van der Waals surface area contributed by atoms with E-state index in [0.29, 0.717) is 24.2 Å². The van der Waals surface area contributed by atoms with Gasteiger partial charge in [-0.15, -0.1) is 0 Å². The Morgan fingerprint density at radius 3 is 2.53 bits per heavy atom. The second-order valence-electron chi connectivity index (χ2n) is 8.83. The maximum atomic E-state index is 13.2. The number of carbonyl (C=O) groups is 2. The van der Waals surface area contributed by atoms with Gasteiger partial charge in [0.25, 0.3) is 0 Å². The summed E-state index contributed by atoms with van der Waals surface area (Å²) in [6, 6.07) is 3.21. The van der Waals surface area contributed by atoms with E-state index in [-0.39, 0.29) is 55.7 Å². The van der Waals surface area contributed by atoms with E-state index in [1.54, 1.807) is 19.1 Å². The van der Waals surface area contributed by atoms with Crippen LogP contribution in [0, 0.1) is 0 Å². The van der Waals surface area contributed by atoms with Gasteiger partial charge in [-0.05, 0) is 38.8 Å². The van der Waals surface area contributed by atoms with Crippen LogP contribution in [0.4, 0.5) is 0 Å². The van der Waals surface area contributed by atoms with Crippen LogP contribution in [0.2, 0.25) is 0 Å². The minimum Gasteiger partial charge on any atom is -0.467 e. The predicted molar refractivity (Wildman–Crippen MR) is 122 cm³/mol. The molecule has 9 nitrogen and oxygen atoms in total. The zero-order valence-corrected chi connectivity index (χ0v) is 20.5. The Hall–Kier alpha value is -2.46. The van der Waals surface area contributed by atoms with Crippen LogP contribution in [-0.2, 0) is 34.9 Å². The third-order valence-electron chi connectivity index (χ3n) is 5.46. The van der Waals surface area contributed by atoms with E-state index in [2.05, 4.69) is 0 Å². The van der Waals surface area contributed by atoms with Gasteiger partial charge < -0.3 is 33.2 Å². The molecule has 0 radical (unpaired) electrons. The second kappa shape index (κ2) is 11.8. The number of cyclic esters (lactones) is 1. The highest BCUT2D eigenvalue weighted by Crippen LogP contribution is 2.34. The fraction of sp³-hybridized carbons (Fsp3) is 0.600. The van der Waals surface area contributed by atoms with Gasteiger partial charge in [-0.25, -0.2) is 4.79 Å². The molecule has 1 saturated heterocycles. The van der Waals surface area contributed by atoms with Crippen LogP contribution in [0.1, 0.15) is 56.0 Å². The Kier molecular flexibility index (Phi) is 9.07. The molecule has 34 heavy (non-hydrogen) atoms. The van der Waals surface area contributed by atoms with E-state index in [9.17, 15) is 9.59 Å². The molecule has 3 atom stereocenters. The van der Waals surface area contributed by atoms with Crippen molar-refractivity contribution in [1.29, 1.82) is 0 Å². The maximum Gasteiger partial charge on any atom is 0.342 e. The average Bonchev–Trinajstić information content (AvgIpc) is 3.07. The van der Waals surface area contributed by atoms with E-state index in [1.807, 2.05) is 26.0 Å². The molecule has 0 spiro atoms. The highest BCUT2D eigenvalue weighted by molar-refractivity contribution is 5.96. The maximum absolute atomic E-state index is 13.2. The average molecular weight is 479 g/mol. The molecule has 1 aromatic carbocycles. The van der Waals surface area contributed by atoms with Gasteiger partial charge in [0, 0.05) is 39.5 Å². The molecule has 0 unspecified atom stereocenters. The number of benzene rings is 1. The molecular formula is C25H34O9. The lowest BCUT2D eigenvalue weighted by Gasteiger charge is -2.20. The third-order valence-corrected chi connectivity index (χ3v) is 5.46. The zero-order chi connectivity index (χ0) is 24.7. The van der Waals surface area contributed by atoms with E-state index < -0.39 is 17.9 Å². The van der Waals surface area contributed by atoms with Crippen LogP contribution in [0.15, 0.2) is 24.3 Å². The zero-order valence-electron chi connectivity index (χ0n) is 20.5. The summed E-state index contributed by atoms with van der Waals surface area (Å²) >= 11 is 0. The van der Waals surface area contributed by atoms with E-state index in [0.717, 1.165) is 0 Å². The number of fused-ring (bicyclic) bond motifs is 2. The van der Waals surface area contributed by atoms with Crippen molar-refractivity contribution in [2.24, 2.45) is 0 Å². The minimum absolute atomic E-state index is 0.000455. The first-order chi connectivity index (χ1) is 16.2. The van der Waals surface area contributed by atoms with Crippen molar-refractivity contribution in [1.82, 2.24) is 0 Å². The molecule has 0 saturated carbocycles. The van der Waals surface area contributed by atoms with Crippen molar-refractivity contribution >= 4 is 11.8 Å². The molecule has 2 aliphatic rings. The van der Waals surface area contributed by atoms with Crippen molar-refractivity contribution in [3.63, 3.8) is 0 Å². The van der Waals surface area contributed by atoms with Gasteiger partial charge in [-0.1, -0.05) is 12.2 Å². The molecule has 0 aromatic heterocycles. The molecule has 9 heteroatoms. The quantitative estimate of drug-likeness (QED) is 0.345. The van der Waals surface area contributed by atoms with Crippen LogP contribution in [-0.4, -0.2) is 63.7 Å². The summed E-state index contributed by atoms with van der Waals surface area (Å²) in [5.41, 5.74) is 0.637. The van der Waals surface area contributed by atoms with Gasteiger partial charge in [0.1, 0.15) is 35.1 Å². The van der Waals surface area contributed by atoms with Gasteiger partial charge in [0.15, 0.2) is 19.4 Å². The highest BCUT2D eigenvalue weighted by atomic mass is 16.7. The number of hydrogen-bond donors (Lipinski definition) is 0. The van der Waals surface area contributed by atoms with Crippen molar-refractivity contribution in [3.8, 4) is 11.5 Å². The standard InChI is InChI=1S/C25H34O9/c1-16-7-6-8-20-21(34-25(2,3)33-20)10-9-18(26)11-17-12-19(30-14-28-4)13-22(31-15-29-5)23(17)24(27)32-16/h6,8,12-13,16,20-21H,7,9-11,14-15H2,1-5H3/b8-6+/t16-,20+,21-/m0/s1. The second-order valence-corrected chi connectivity index (χ2v) is 8.83. The van der Waals surface area contributed by atoms with E-state index in [1.165, 1.54) is 14.2 Å². The van der Waals surface area contributed by atoms with E-state index >= 15 is 0 Å². The summed E-state index contributed by atoms with van der Waals surface area (Å²) in [6.07, 6.45) is 4.16. The molecular weight excluding hydrogens is 444 g/mol. The van der Waals surface area contributed by atoms with Crippen molar-refractivity contribution in [2.75, 3.05) is 27.8 Å². The molecule has 1 aromatic rings. The third kappa shape index (κ3) is 7.02. The largest absolute Gasteiger partial charge is 0.467 e. The molecule has 2 aliphatic heterocycles.